The zero-order valence-electron chi connectivity index (χ0n) is 15.0. The summed E-state index contributed by atoms with van der Waals surface area (Å²) in [6.07, 6.45) is 0.863. The van der Waals surface area contributed by atoms with Crippen LogP contribution in [0.3, 0.4) is 0 Å². The smallest absolute Gasteiger partial charge is 0.341 e. The number of furan rings is 1. The van der Waals surface area contributed by atoms with E-state index in [1.165, 1.54) is 7.11 Å². The number of rotatable bonds is 6. The van der Waals surface area contributed by atoms with E-state index in [0.717, 1.165) is 16.9 Å². The number of para-hydroxylation sites is 2. The maximum atomic E-state index is 12.4. The normalized spacial score (nSPS) is 10.9. The number of aryl methyl sites for hydroxylation is 2. The lowest BCUT2D eigenvalue weighted by Gasteiger charge is -2.15. The Hall–Kier alpha value is -3.09. The van der Waals surface area contributed by atoms with Crippen molar-refractivity contribution in [2.75, 3.05) is 14.2 Å². The van der Waals surface area contributed by atoms with Gasteiger partial charge in [0, 0.05) is 19.9 Å². The number of imidazole rings is 1. The van der Waals surface area contributed by atoms with Crippen molar-refractivity contribution in [3.63, 3.8) is 0 Å². The van der Waals surface area contributed by atoms with Crippen molar-refractivity contribution in [3.05, 3.63) is 53.2 Å². The number of carbonyl (C=O) groups is 2. The number of carbonyl (C=O) groups excluding carboxylic acids is 2. The number of aromatic nitrogens is 2. The molecule has 0 fully saturated rings. The average Bonchev–Trinajstić information content (AvgIpc) is 3.21. The van der Waals surface area contributed by atoms with Gasteiger partial charge in [-0.3, -0.25) is 4.79 Å². The molecule has 3 aromatic rings. The van der Waals surface area contributed by atoms with Gasteiger partial charge in [-0.05, 0) is 25.1 Å². The van der Waals surface area contributed by atoms with Crippen LogP contribution < -0.4 is 0 Å². The number of ether oxygens (including phenoxy) is 1. The number of benzene rings is 1. The van der Waals surface area contributed by atoms with Crippen molar-refractivity contribution < 1.29 is 18.7 Å². The van der Waals surface area contributed by atoms with Crippen LogP contribution in [0.5, 0.6) is 0 Å². The van der Waals surface area contributed by atoms with Crippen molar-refractivity contribution >= 4 is 22.9 Å². The van der Waals surface area contributed by atoms with Crippen LogP contribution >= 0.6 is 0 Å². The molecule has 26 heavy (non-hydrogen) atoms. The Morgan fingerprint density at radius 1 is 1.31 bits per heavy atom. The molecular weight excluding hydrogens is 334 g/mol. The molecule has 0 saturated carbocycles. The van der Waals surface area contributed by atoms with E-state index in [4.69, 9.17) is 9.15 Å². The Labute approximate surface area is 151 Å². The number of hydrogen-bond acceptors (Lipinski definition) is 5. The molecule has 7 nitrogen and oxygen atoms in total. The molecule has 0 aliphatic carbocycles. The quantitative estimate of drug-likeness (QED) is 0.687. The molecule has 0 bridgehead atoms. The largest absolute Gasteiger partial charge is 0.465 e. The molecule has 0 saturated heterocycles. The molecule has 0 atom stereocenters. The van der Waals surface area contributed by atoms with Crippen molar-refractivity contribution in [1.82, 2.24) is 14.9 Å². The highest BCUT2D eigenvalue weighted by atomic mass is 16.5. The van der Waals surface area contributed by atoms with E-state index in [1.807, 2.05) is 24.3 Å². The predicted molar refractivity (Wildman–Crippen MR) is 95.7 cm³/mol. The number of nitrogens with one attached hydrogen (secondary N) is 1. The number of fused-ring (bicyclic) bond motifs is 1. The minimum Gasteiger partial charge on any atom is -0.465 e. The number of esters is 1. The summed E-state index contributed by atoms with van der Waals surface area (Å²) in [5.74, 6) is 1.34. The first-order valence-corrected chi connectivity index (χ1v) is 8.33. The number of nitrogens with zero attached hydrogens (tertiary/aromatic N) is 2. The van der Waals surface area contributed by atoms with Gasteiger partial charge in [0.15, 0.2) is 0 Å². The second-order valence-corrected chi connectivity index (χ2v) is 6.12. The Bertz CT molecular complexity index is 908. The Morgan fingerprint density at radius 2 is 2.08 bits per heavy atom. The van der Waals surface area contributed by atoms with Crippen LogP contribution in [0.2, 0.25) is 0 Å². The fraction of sp³-hybridized carbons (Fsp3) is 0.316. The van der Waals surface area contributed by atoms with Crippen LogP contribution in [0.25, 0.3) is 11.0 Å². The van der Waals surface area contributed by atoms with Gasteiger partial charge < -0.3 is 19.0 Å². The summed E-state index contributed by atoms with van der Waals surface area (Å²) in [5, 5.41) is 0. The maximum absolute atomic E-state index is 12.4. The molecule has 0 radical (unpaired) electrons. The molecule has 1 amide bonds. The molecular formula is C19H21N3O4. The Morgan fingerprint density at radius 3 is 2.81 bits per heavy atom. The molecule has 0 spiro atoms. The zero-order chi connectivity index (χ0) is 18.7. The van der Waals surface area contributed by atoms with E-state index in [0.29, 0.717) is 29.9 Å². The summed E-state index contributed by atoms with van der Waals surface area (Å²) in [5.41, 5.74) is 2.24. The van der Waals surface area contributed by atoms with Crippen molar-refractivity contribution in [2.45, 2.75) is 26.3 Å². The molecule has 0 aliphatic rings. The van der Waals surface area contributed by atoms with E-state index in [9.17, 15) is 9.59 Å². The maximum Gasteiger partial charge on any atom is 0.341 e. The van der Waals surface area contributed by atoms with E-state index in [2.05, 4.69) is 9.97 Å². The number of methoxy groups -OCH3 is 1. The van der Waals surface area contributed by atoms with Crippen molar-refractivity contribution in [1.29, 1.82) is 0 Å². The minimum atomic E-state index is -0.448. The monoisotopic (exact) mass is 355 g/mol. The number of amides is 1. The van der Waals surface area contributed by atoms with Gasteiger partial charge in [0.05, 0.1) is 24.7 Å². The molecule has 3 rings (SSSR count). The van der Waals surface area contributed by atoms with Gasteiger partial charge in [-0.2, -0.15) is 0 Å². The fourth-order valence-corrected chi connectivity index (χ4v) is 2.80. The predicted octanol–water partition coefficient (Wildman–Crippen LogP) is 2.84. The highest BCUT2D eigenvalue weighted by molar-refractivity contribution is 5.90. The van der Waals surface area contributed by atoms with Crippen LogP contribution in [-0.2, 0) is 22.5 Å². The summed E-state index contributed by atoms with van der Waals surface area (Å²) in [6.45, 7) is 1.98. The topological polar surface area (TPSA) is 88.4 Å². The number of aromatic amines is 1. The van der Waals surface area contributed by atoms with Crippen LogP contribution in [-0.4, -0.2) is 40.9 Å². The van der Waals surface area contributed by atoms with Gasteiger partial charge in [-0.1, -0.05) is 12.1 Å². The van der Waals surface area contributed by atoms with Crippen molar-refractivity contribution in [3.8, 4) is 0 Å². The van der Waals surface area contributed by atoms with E-state index < -0.39 is 5.97 Å². The second-order valence-electron chi connectivity index (χ2n) is 6.12. The molecule has 1 aromatic carbocycles. The van der Waals surface area contributed by atoms with Gasteiger partial charge in [-0.25, -0.2) is 9.78 Å². The highest BCUT2D eigenvalue weighted by Crippen LogP contribution is 2.17. The Balaban J connectivity index is 1.58. The number of H-pyrrole nitrogens is 1. The van der Waals surface area contributed by atoms with Gasteiger partial charge in [0.2, 0.25) is 5.91 Å². The minimum absolute atomic E-state index is 0.0286. The summed E-state index contributed by atoms with van der Waals surface area (Å²) in [6, 6.07) is 9.38. The SMILES string of the molecule is COC(=O)c1cc(CN(C)C(=O)CCc2nc3ccccc3[nH]2)oc1C. The summed E-state index contributed by atoms with van der Waals surface area (Å²) >= 11 is 0. The first-order valence-electron chi connectivity index (χ1n) is 8.33. The third-order valence-electron chi connectivity index (χ3n) is 4.21. The van der Waals surface area contributed by atoms with Crippen LogP contribution in [0.4, 0.5) is 0 Å². The molecule has 0 unspecified atom stereocenters. The first kappa shape index (κ1) is 17.7. The van der Waals surface area contributed by atoms with E-state index in [-0.39, 0.29) is 12.5 Å². The summed E-state index contributed by atoms with van der Waals surface area (Å²) in [4.78, 5) is 33.3. The van der Waals surface area contributed by atoms with Gasteiger partial charge in [0.25, 0.3) is 0 Å². The molecule has 7 heteroatoms. The summed E-state index contributed by atoms with van der Waals surface area (Å²) < 4.78 is 10.3. The number of hydrogen-bond donors (Lipinski definition) is 1. The zero-order valence-corrected chi connectivity index (χ0v) is 15.0. The van der Waals surface area contributed by atoms with Gasteiger partial charge in [-0.15, -0.1) is 0 Å². The molecule has 1 N–H and O–H groups in total. The lowest BCUT2D eigenvalue weighted by molar-refractivity contribution is -0.130. The second kappa shape index (κ2) is 7.43. The first-order chi connectivity index (χ1) is 12.5. The van der Waals surface area contributed by atoms with Crippen molar-refractivity contribution in [2.24, 2.45) is 0 Å². The average molecular weight is 355 g/mol. The molecule has 136 valence electrons. The van der Waals surface area contributed by atoms with Gasteiger partial charge >= 0.3 is 5.97 Å². The third-order valence-corrected chi connectivity index (χ3v) is 4.21. The summed E-state index contributed by atoms with van der Waals surface area (Å²) in [7, 11) is 3.03. The Kier molecular flexibility index (Phi) is 5.06. The van der Waals surface area contributed by atoms with E-state index >= 15 is 0 Å². The highest BCUT2D eigenvalue weighted by Gasteiger charge is 2.18. The third kappa shape index (κ3) is 3.77. The van der Waals surface area contributed by atoms with E-state index in [1.54, 1.807) is 24.9 Å². The van der Waals surface area contributed by atoms with Crippen LogP contribution in [0.1, 0.15) is 34.1 Å². The lowest BCUT2D eigenvalue weighted by Crippen LogP contribution is -2.26. The molecule has 0 aliphatic heterocycles. The molecule has 2 heterocycles. The molecule has 2 aromatic heterocycles. The lowest BCUT2D eigenvalue weighted by atomic mass is 10.2. The van der Waals surface area contributed by atoms with Crippen LogP contribution in [0.15, 0.2) is 34.7 Å². The van der Waals surface area contributed by atoms with Crippen LogP contribution in [0, 0.1) is 6.92 Å². The van der Waals surface area contributed by atoms with Gasteiger partial charge in [0.1, 0.15) is 22.9 Å². The fourth-order valence-electron chi connectivity index (χ4n) is 2.80. The standard InChI is InChI=1S/C19H21N3O4/c1-12-14(19(24)25-3)10-13(26-12)11-22(2)18(23)9-8-17-20-15-6-4-5-7-16(15)21-17/h4-7,10H,8-9,11H2,1-3H3,(H,20,21).